The number of hydrogen-bond acceptors (Lipinski definition) is 7. The monoisotopic (exact) mass is 357 g/mol. The lowest BCUT2D eigenvalue weighted by atomic mass is 10.1. The summed E-state index contributed by atoms with van der Waals surface area (Å²) < 4.78 is 12.5. The van der Waals surface area contributed by atoms with Crippen molar-refractivity contribution in [2.75, 3.05) is 20.5 Å². The molecule has 0 spiro atoms. The first-order chi connectivity index (χ1) is 12.1. The van der Waals surface area contributed by atoms with E-state index in [1.54, 1.807) is 20.3 Å². The van der Waals surface area contributed by atoms with E-state index >= 15 is 0 Å². The van der Waals surface area contributed by atoms with Crippen LogP contribution in [0, 0.1) is 5.41 Å². The molecule has 0 unspecified atom stereocenters. The molecule has 0 saturated carbocycles. The lowest BCUT2D eigenvalue weighted by molar-refractivity contribution is 0.394. The third-order valence-corrected chi connectivity index (χ3v) is 4.44. The fourth-order valence-corrected chi connectivity index (χ4v) is 2.94. The third-order valence-electron chi connectivity index (χ3n) is 3.90. The number of rotatable bonds is 5. The maximum atomic E-state index is 8.64. The van der Waals surface area contributed by atoms with Crippen LogP contribution in [0.3, 0.4) is 0 Å². The van der Waals surface area contributed by atoms with Crippen molar-refractivity contribution in [1.29, 1.82) is 5.41 Å². The molecule has 0 bridgehead atoms. The Morgan fingerprint density at radius 2 is 1.76 bits per heavy atom. The zero-order valence-electron chi connectivity index (χ0n) is 14.5. The Balaban J connectivity index is 2.31. The molecule has 0 radical (unpaired) electrons. The molecular weight excluding hydrogens is 338 g/mol. The van der Waals surface area contributed by atoms with Gasteiger partial charge >= 0.3 is 0 Å². The molecule has 0 saturated heterocycles. The zero-order chi connectivity index (χ0) is 18.0. The number of nitrogens with zero attached hydrogens (tertiary/aromatic N) is 4. The van der Waals surface area contributed by atoms with Gasteiger partial charge in [-0.2, -0.15) is 0 Å². The minimum Gasteiger partial charge on any atom is -0.497 e. The van der Waals surface area contributed by atoms with Crippen LogP contribution in [0.2, 0.25) is 0 Å². The van der Waals surface area contributed by atoms with E-state index < -0.39 is 0 Å². The van der Waals surface area contributed by atoms with E-state index in [1.807, 2.05) is 35.9 Å². The van der Waals surface area contributed by atoms with Crippen molar-refractivity contribution in [3.63, 3.8) is 0 Å². The van der Waals surface area contributed by atoms with Gasteiger partial charge in [0.05, 0.1) is 14.2 Å². The normalized spacial score (nSPS) is 10.9. The summed E-state index contributed by atoms with van der Waals surface area (Å²) in [6, 6.07) is 7.38. The number of fused-ring (bicyclic) bond motifs is 1. The number of hydrogen-bond donors (Lipinski definition) is 1. The quantitative estimate of drug-likeness (QED) is 0.707. The van der Waals surface area contributed by atoms with Crippen LogP contribution in [0.1, 0.15) is 6.92 Å². The maximum Gasteiger partial charge on any atom is 0.210 e. The number of thioether (sulfide) groups is 1. The highest BCUT2D eigenvalue weighted by Crippen LogP contribution is 2.29. The van der Waals surface area contributed by atoms with Crippen LogP contribution in [0.5, 0.6) is 11.5 Å². The van der Waals surface area contributed by atoms with Gasteiger partial charge in [-0.15, -0.1) is 10.2 Å². The Labute approximate surface area is 149 Å². The van der Waals surface area contributed by atoms with Crippen molar-refractivity contribution < 1.29 is 9.47 Å². The number of nitrogens with one attached hydrogen (secondary N) is 1. The lowest BCUT2D eigenvalue weighted by Gasteiger charge is -2.13. The average molecular weight is 357 g/mol. The molecule has 0 aliphatic carbocycles. The molecule has 130 valence electrons. The summed E-state index contributed by atoms with van der Waals surface area (Å²) in [4.78, 5) is 4.51. The van der Waals surface area contributed by atoms with Gasteiger partial charge in [0.2, 0.25) is 5.16 Å². The molecule has 0 atom stereocenters. The van der Waals surface area contributed by atoms with Gasteiger partial charge < -0.3 is 14.0 Å². The van der Waals surface area contributed by atoms with Crippen LogP contribution in [0.4, 0.5) is 0 Å². The highest BCUT2D eigenvalue weighted by molar-refractivity contribution is 7.98. The van der Waals surface area contributed by atoms with Gasteiger partial charge in [-0.05, 0) is 36.9 Å². The van der Waals surface area contributed by atoms with Crippen LogP contribution >= 0.6 is 11.8 Å². The van der Waals surface area contributed by atoms with Gasteiger partial charge in [0, 0.05) is 18.2 Å². The third kappa shape index (κ3) is 3.17. The maximum absolute atomic E-state index is 8.64. The molecule has 2 heterocycles. The highest BCUT2D eigenvalue weighted by atomic mass is 32.2. The van der Waals surface area contributed by atoms with Crippen LogP contribution in [0.25, 0.3) is 22.3 Å². The molecule has 0 amide bonds. The van der Waals surface area contributed by atoms with E-state index in [0.717, 1.165) is 11.1 Å². The van der Waals surface area contributed by atoms with Crippen LogP contribution in [-0.2, 0) is 6.54 Å². The minimum atomic E-state index is 0.359. The molecule has 1 aromatic carbocycles. The summed E-state index contributed by atoms with van der Waals surface area (Å²) in [7, 11) is 3.21. The smallest absolute Gasteiger partial charge is 0.210 e. The Bertz CT molecular complexity index is 964. The number of aryl methyl sites for hydroxylation is 1. The molecular formula is C17H19N5O2S. The van der Waals surface area contributed by atoms with Gasteiger partial charge in [0.15, 0.2) is 5.65 Å². The Kier molecular flexibility index (Phi) is 4.89. The van der Waals surface area contributed by atoms with E-state index in [4.69, 9.17) is 14.9 Å². The van der Waals surface area contributed by atoms with Gasteiger partial charge in [-0.1, -0.05) is 11.8 Å². The van der Waals surface area contributed by atoms with Crippen molar-refractivity contribution in [2.45, 2.75) is 18.6 Å². The molecule has 8 heteroatoms. The number of ether oxygens (including phenoxy) is 2. The first kappa shape index (κ1) is 17.2. The largest absolute Gasteiger partial charge is 0.497 e. The molecule has 0 aliphatic rings. The van der Waals surface area contributed by atoms with Gasteiger partial charge in [-0.25, -0.2) is 4.98 Å². The first-order valence-electron chi connectivity index (χ1n) is 7.71. The second-order valence-electron chi connectivity index (χ2n) is 5.26. The molecule has 1 N–H and O–H groups in total. The predicted octanol–water partition coefficient (Wildman–Crippen LogP) is 2.73. The summed E-state index contributed by atoms with van der Waals surface area (Å²) >= 11 is 1.43. The zero-order valence-corrected chi connectivity index (χ0v) is 15.3. The SMILES string of the molecule is CCn1c(=N)c(-c2cc(OC)cc(OC)c2)cc2nnc(SC)nc21. The molecule has 0 aliphatic heterocycles. The second-order valence-corrected chi connectivity index (χ2v) is 6.03. The fourth-order valence-electron chi connectivity index (χ4n) is 2.64. The van der Waals surface area contributed by atoms with Crippen molar-refractivity contribution in [3.05, 3.63) is 29.8 Å². The molecule has 7 nitrogen and oxygen atoms in total. The molecule has 3 aromatic rings. The van der Waals surface area contributed by atoms with Crippen molar-refractivity contribution in [1.82, 2.24) is 19.7 Å². The molecule has 25 heavy (non-hydrogen) atoms. The Hall–Kier alpha value is -2.61. The molecule has 3 rings (SSSR count). The summed E-state index contributed by atoms with van der Waals surface area (Å²) in [5, 5.41) is 17.6. The number of aromatic nitrogens is 4. The summed E-state index contributed by atoms with van der Waals surface area (Å²) in [6.07, 6.45) is 1.90. The van der Waals surface area contributed by atoms with Gasteiger partial charge in [0.1, 0.15) is 22.5 Å². The van der Waals surface area contributed by atoms with E-state index in [0.29, 0.717) is 39.9 Å². The highest BCUT2D eigenvalue weighted by Gasteiger charge is 2.13. The van der Waals surface area contributed by atoms with Crippen molar-refractivity contribution in [2.24, 2.45) is 0 Å². The standard InChI is InChI=1S/C17H19N5O2S/c1-5-22-15(18)13(9-14-16(22)19-17(25-4)21-20-14)10-6-11(23-2)8-12(7-10)24-3/h6-9,18H,5H2,1-4H3. The van der Waals surface area contributed by atoms with E-state index in [1.165, 1.54) is 11.8 Å². The van der Waals surface area contributed by atoms with E-state index in [2.05, 4.69) is 15.2 Å². The summed E-state index contributed by atoms with van der Waals surface area (Å²) in [5.41, 5.74) is 3.20. The van der Waals surface area contributed by atoms with E-state index in [-0.39, 0.29) is 0 Å². The topological polar surface area (TPSA) is 85.9 Å². The molecule has 0 fully saturated rings. The molecule has 2 aromatic heterocycles. The Morgan fingerprint density at radius 3 is 2.32 bits per heavy atom. The van der Waals surface area contributed by atoms with Crippen molar-refractivity contribution in [3.8, 4) is 22.6 Å². The predicted molar refractivity (Wildman–Crippen MR) is 97.2 cm³/mol. The first-order valence-corrected chi connectivity index (χ1v) is 8.94. The summed E-state index contributed by atoms with van der Waals surface area (Å²) in [6.45, 7) is 2.59. The second kappa shape index (κ2) is 7.10. The van der Waals surface area contributed by atoms with Crippen molar-refractivity contribution >= 4 is 22.9 Å². The van der Waals surface area contributed by atoms with Crippen LogP contribution in [-0.4, -0.2) is 40.2 Å². The minimum absolute atomic E-state index is 0.359. The average Bonchev–Trinajstić information content (AvgIpc) is 2.66. The number of pyridine rings is 1. The lowest BCUT2D eigenvalue weighted by Crippen LogP contribution is -2.23. The van der Waals surface area contributed by atoms with E-state index in [9.17, 15) is 0 Å². The van der Waals surface area contributed by atoms with Crippen LogP contribution in [0.15, 0.2) is 29.4 Å². The van der Waals surface area contributed by atoms with Crippen LogP contribution < -0.4 is 15.0 Å². The Morgan fingerprint density at radius 1 is 1.08 bits per heavy atom. The number of methoxy groups -OCH3 is 2. The van der Waals surface area contributed by atoms with Gasteiger partial charge in [0.25, 0.3) is 0 Å². The summed E-state index contributed by atoms with van der Waals surface area (Å²) in [5.74, 6) is 1.33. The van der Waals surface area contributed by atoms with Gasteiger partial charge in [-0.3, -0.25) is 5.41 Å². The number of benzene rings is 1. The fraction of sp³-hybridized carbons (Fsp3) is 0.294.